The van der Waals surface area contributed by atoms with Crippen molar-refractivity contribution in [2.45, 2.75) is 19.9 Å². The molecule has 2 rings (SSSR count). The van der Waals surface area contributed by atoms with E-state index < -0.39 is 0 Å². The van der Waals surface area contributed by atoms with Crippen LogP contribution in [0.3, 0.4) is 0 Å². The zero-order valence-corrected chi connectivity index (χ0v) is 17.5. The topological polar surface area (TPSA) is 91.0 Å². The zero-order valence-electron chi connectivity index (χ0n) is 15.2. The number of anilines is 1. The van der Waals surface area contributed by atoms with E-state index in [1.165, 1.54) is 0 Å². The van der Waals surface area contributed by atoms with Crippen molar-refractivity contribution < 1.29 is 14.2 Å². The number of methoxy groups -OCH3 is 2. The van der Waals surface area contributed by atoms with Crippen LogP contribution in [0, 0.1) is 0 Å². The number of guanidine groups is 1. The molecule has 0 saturated heterocycles. The zero-order chi connectivity index (χ0) is 18.1. The van der Waals surface area contributed by atoms with Crippen LogP contribution >= 0.6 is 24.0 Å². The van der Waals surface area contributed by atoms with Gasteiger partial charge in [0.15, 0.2) is 17.5 Å². The molecule has 0 fully saturated rings. The van der Waals surface area contributed by atoms with Gasteiger partial charge in [-0.25, -0.2) is 9.98 Å². The van der Waals surface area contributed by atoms with Crippen molar-refractivity contribution in [2.75, 3.05) is 26.1 Å². The van der Waals surface area contributed by atoms with E-state index in [9.17, 15) is 0 Å². The van der Waals surface area contributed by atoms with Gasteiger partial charge in [0.25, 0.3) is 0 Å². The molecule has 8 heteroatoms. The van der Waals surface area contributed by atoms with Crippen molar-refractivity contribution in [3.8, 4) is 17.4 Å². The quantitative estimate of drug-likeness (QED) is 0.348. The van der Waals surface area contributed by atoms with Crippen LogP contribution in [0.25, 0.3) is 0 Å². The fourth-order valence-corrected chi connectivity index (χ4v) is 2.07. The number of rotatable bonds is 8. The average molecular weight is 472 g/mol. The Bertz CT molecular complexity index is 708. The molecule has 26 heavy (non-hydrogen) atoms. The van der Waals surface area contributed by atoms with Gasteiger partial charge in [-0.3, -0.25) is 0 Å². The summed E-state index contributed by atoms with van der Waals surface area (Å²) in [6.07, 6.45) is 2.68. The van der Waals surface area contributed by atoms with Gasteiger partial charge in [-0.1, -0.05) is 13.0 Å². The van der Waals surface area contributed by atoms with Gasteiger partial charge in [0.1, 0.15) is 0 Å². The molecule has 1 aromatic carbocycles. The van der Waals surface area contributed by atoms with E-state index in [-0.39, 0.29) is 24.0 Å². The molecule has 0 aliphatic rings. The van der Waals surface area contributed by atoms with E-state index in [2.05, 4.69) is 22.2 Å². The minimum absolute atomic E-state index is 0. The van der Waals surface area contributed by atoms with Crippen LogP contribution in [0.5, 0.6) is 17.4 Å². The molecule has 0 unspecified atom stereocenters. The lowest BCUT2D eigenvalue weighted by Gasteiger charge is -2.11. The number of aliphatic imine (C=N–C) groups is 1. The predicted molar refractivity (Wildman–Crippen MR) is 114 cm³/mol. The van der Waals surface area contributed by atoms with Gasteiger partial charge in [-0.2, -0.15) is 0 Å². The molecule has 1 heterocycles. The smallest absolute Gasteiger partial charge is 0.213 e. The summed E-state index contributed by atoms with van der Waals surface area (Å²) in [5, 5.41) is 3.02. The lowest BCUT2D eigenvalue weighted by molar-refractivity contribution is 0.305. The van der Waals surface area contributed by atoms with E-state index in [0.29, 0.717) is 36.5 Å². The highest BCUT2D eigenvalue weighted by Crippen LogP contribution is 2.29. The van der Waals surface area contributed by atoms with Gasteiger partial charge in [0, 0.05) is 24.0 Å². The van der Waals surface area contributed by atoms with Gasteiger partial charge >= 0.3 is 0 Å². The van der Waals surface area contributed by atoms with Crippen LogP contribution in [0.4, 0.5) is 5.69 Å². The number of nitrogens with two attached hydrogens (primary N) is 1. The van der Waals surface area contributed by atoms with Crippen LogP contribution < -0.4 is 25.3 Å². The first kappa shape index (κ1) is 21.8. The molecule has 2 aromatic rings. The van der Waals surface area contributed by atoms with Crippen LogP contribution in [-0.2, 0) is 6.54 Å². The first-order chi connectivity index (χ1) is 12.2. The minimum Gasteiger partial charge on any atom is -0.493 e. The maximum Gasteiger partial charge on any atom is 0.213 e. The molecule has 3 N–H and O–H groups in total. The fourth-order valence-electron chi connectivity index (χ4n) is 2.07. The van der Waals surface area contributed by atoms with Crippen molar-refractivity contribution in [3.05, 3.63) is 42.1 Å². The molecule has 1 aromatic heterocycles. The Kier molecular flexibility index (Phi) is 9.56. The number of pyridine rings is 1. The SMILES string of the molecule is CCCOc1ccc(CN=C(N)Nc2ccc(OC)c(OC)c2)cn1.I. The lowest BCUT2D eigenvalue weighted by atomic mass is 10.2. The molecule has 7 nitrogen and oxygen atoms in total. The van der Waals surface area contributed by atoms with Crippen LogP contribution in [0.1, 0.15) is 18.9 Å². The molecule has 0 amide bonds. The largest absolute Gasteiger partial charge is 0.493 e. The molecular formula is C18H25IN4O3. The van der Waals surface area contributed by atoms with Crippen LogP contribution in [0.2, 0.25) is 0 Å². The van der Waals surface area contributed by atoms with Gasteiger partial charge in [0.05, 0.1) is 27.4 Å². The second kappa shape index (κ2) is 11.4. The summed E-state index contributed by atoms with van der Waals surface area (Å²) in [5.74, 6) is 2.19. The normalized spacial score (nSPS) is 10.7. The van der Waals surface area contributed by atoms with Crippen molar-refractivity contribution >= 4 is 35.6 Å². The van der Waals surface area contributed by atoms with E-state index in [4.69, 9.17) is 19.9 Å². The van der Waals surface area contributed by atoms with Gasteiger partial charge in [-0.05, 0) is 24.1 Å². The van der Waals surface area contributed by atoms with Gasteiger partial charge in [-0.15, -0.1) is 24.0 Å². The average Bonchev–Trinajstić information content (AvgIpc) is 2.65. The highest BCUT2D eigenvalue weighted by atomic mass is 127. The maximum absolute atomic E-state index is 5.93. The third-order valence-electron chi connectivity index (χ3n) is 3.34. The van der Waals surface area contributed by atoms with Crippen molar-refractivity contribution in [3.63, 3.8) is 0 Å². The summed E-state index contributed by atoms with van der Waals surface area (Å²) in [6, 6.07) is 9.19. The molecule has 0 spiro atoms. The molecule has 0 aliphatic carbocycles. The number of halogens is 1. The number of ether oxygens (including phenoxy) is 3. The monoisotopic (exact) mass is 472 g/mol. The molecule has 0 aliphatic heterocycles. The summed E-state index contributed by atoms with van der Waals surface area (Å²) in [4.78, 5) is 8.55. The standard InChI is InChI=1S/C18H24N4O3.HI/c1-4-9-25-17-8-5-13(11-20-17)12-21-18(19)22-14-6-7-15(23-2)16(10-14)24-3;/h5-8,10-11H,4,9,12H2,1-3H3,(H3,19,21,22);1H. The third-order valence-corrected chi connectivity index (χ3v) is 3.34. The van der Waals surface area contributed by atoms with Crippen LogP contribution in [-0.4, -0.2) is 31.8 Å². The number of nitrogens with one attached hydrogen (secondary N) is 1. The Morgan fingerprint density at radius 1 is 1.15 bits per heavy atom. The summed E-state index contributed by atoms with van der Waals surface area (Å²) < 4.78 is 15.9. The van der Waals surface area contributed by atoms with E-state index >= 15 is 0 Å². The fraction of sp³-hybridized carbons (Fsp3) is 0.333. The summed E-state index contributed by atoms with van der Waals surface area (Å²) in [5.41, 5.74) is 7.64. The summed E-state index contributed by atoms with van der Waals surface area (Å²) in [6.45, 7) is 3.14. The number of aromatic nitrogens is 1. The van der Waals surface area contributed by atoms with Crippen molar-refractivity contribution in [1.29, 1.82) is 0 Å². The lowest BCUT2D eigenvalue weighted by Crippen LogP contribution is -2.22. The molecular weight excluding hydrogens is 447 g/mol. The van der Waals surface area contributed by atoms with E-state index in [1.54, 1.807) is 32.5 Å². The van der Waals surface area contributed by atoms with E-state index in [1.807, 2.05) is 18.2 Å². The Morgan fingerprint density at radius 3 is 2.54 bits per heavy atom. The van der Waals surface area contributed by atoms with Crippen molar-refractivity contribution in [1.82, 2.24) is 4.98 Å². The second-order valence-electron chi connectivity index (χ2n) is 5.25. The first-order valence-electron chi connectivity index (χ1n) is 8.03. The number of hydrogen-bond donors (Lipinski definition) is 2. The second-order valence-corrected chi connectivity index (χ2v) is 5.25. The molecule has 0 bridgehead atoms. The Morgan fingerprint density at radius 2 is 1.92 bits per heavy atom. The first-order valence-corrected chi connectivity index (χ1v) is 8.03. The third kappa shape index (κ3) is 6.58. The summed E-state index contributed by atoms with van der Waals surface area (Å²) >= 11 is 0. The predicted octanol–water partition coefficient (Wildman–Crippen LogP) is 3.43. The highest BCUT2D eigenvalue weighted by Gasteiger charge is 2.05. The van der Waals surface area contributed by atoms with E-state index in [0.717, 1.165) is 17.7 Å². The molecule has 0 saturated carbocycles. The minimum atomic E-state index is 0. The highest BCUT2D eigenvalue weighted by molar-refractivity contribution is 14.0. The van der Waals surface area contributed by atoms with Gasteiger partial charge < -0.3 is 25.3 Å². The number of nitrogens with zero attached hydrogens (tertiary/aromatic N) is 2. The number of hydrogen-bond acceptors (Lipinski definition) is 5. The van der Waals surface area contributed by atoms with Crippen molar-refractivity contribution in [2.24, 2.45) is 10.7 Å². The molecule has 0 radical (unpaired) electrons. The Labute approximate surface area is 171 Å². The Balaban J connectivity index is 0.00000338. The molecule has 0 atom stereocenters. The Hall–Kier alpha value is -2.23. The number of benzene rings is 1. The molecule has 142 valence electrons. The van der Waals surface area contributed by atoms with Crippen LogP contribution in [0.15, 0.2) is 41.5 Å². The van der Waals surface area contributed by atoms with Gasteiger partial charge in [0.2, 0.25) is 5.88 Å². The summed E-state index contributed by atoms with van der Waals surface area (Å²) in [7, 11) is 3.17. The maximum atomic E-state index is 5.93.